The van der Waals surface area contributed by atoms with Gasteiger partial charge in [-0.1, -0.05) is 12.1 Å². The summed E-state index contributed by atoms with van der Waals surface area (Å²) >= 11 is 0. The summed E-state index contributed by atoms with van der Waals surface area (Å²) < 4.78 is 0. The molecule has 0 unspecified atom stereocenters. The Kier molecular flexibility index (Phi) is 4.64. The van der Waals surface area contributed by atoms with E-state index in [2.05, 4.69) is 42.4 Å². The number of aromatic amines is 1. The summed E-state index contributed by atoms with van der Waals surface area (Å²) in [6.07, 6.45) is 5.76. The third kappa shape index (κ3) is 3.56. The standard InChI is InChI=1S/C19H21N7O/c1-26-9-6-19(7-10-26,23-15-4-2-3-14(11-15)12-27)18-22-17(24-25-18)16-5-8-20-13-21-16/h2-5,8,11-13,23H,6-7,9-10H2,1H3,(H,22,24,25). The van der Waals surface area contributed by atoms with Crippen LogP contribution in [0.4, 0.5) is 5.69 Å². The maximum absolute atomic E-state index is 11.1. The number of rotatable bonds is 5. The van der Waals surface area contributed by atoms with Crippen molar-refractivity contribution in [1.29, 1.82) is 0 Å². The lowest BCUT2D eigenvalue weighted by Crippen LogP contribution is -2.46. The number of piperidine rings is 1. The highest BCUT2D eigenvalue weighted by atomic mass is 16.1. The van der Waals surface area contributed by atoms with E-state index in [0.717, 1.165) is 43.7 Å². The van der Waals surface area contributed by atoms with Crippen LogP contribution in [-0.4, -0.2) is 56.5 Å². The van der Waals surface area contributed by atoms with E-state index in [0.29, 0.717) is 17.1 Å². The van der Waals surface area contributed by atoms with Gasteiger partial charge >= 0.3 is 0 Å². The van der Waals surface area contributed by atoms with Crippen LogP contribution in [0.15, 0.2) is 42.9 Å². The molecule has 1 fully saturated rings. The minimum Gasteiger partial charge on any atom is -0.373 e. The third-order valence-electron chi connectivity index (χ3n) is 5.01. The molecule has 138 valence electrons. The van der Waals surface area contributed by atoms with Crippen LogP contribution < -0.4 is 5.32 Å². The maximum Gasteiger partial charge on any atom is 0.180 e. The summed E-state index contributed by atoms with van der Waals surface area (Å²) in [5, 5.41) is 12.3. The van der Waals surface area contributed by atoms with E-state index in [4.69, 9.17) is 0 Å². The summed E-state index contributed by atoms with van der Waals surface area (Å²) in [5.74, 6) is 1.40. The number of nitrogens with one attached hydrogen (secondary N) is 2. The fourth-order valence-corrected chi connectivity index (χ4v) is 3.41. The summed E-state index contributed by atoms with van der Waals surface area (Å²) in [6, 6.07) is 9.29. The lowest BCUT2D eigenvalue weighted by molar-refractivity contribution is 0.112. The summed E-state index contributed by atoms with van der Waals surface area (Å²) in [6.45, 7) is 1.87. The quantitative estimate of drug-likeness (QED) is 0.670. The highest BCUT2D eigenvalue weighted by Gasteiger charge is 2.38. The number of aldehydes is 1. The lowest BCUT2D eigenvalue weighted by atomic mass is 9.86. The number of carbonyl (C=O) groups excluding carboxylic acids is 1. The molecule has 0 saturated carbocycles. The van der Waals surface area contributed by atoms with E-state index in [1.54, 1.807) is 18.3 Å². The second-order valence-corrected chi connectivity index (χ2v) is 6.87. The molecular weight excluding hydrogens is 342 g/mol. The molecule has 1 saturated heterocycles. The van der Waals surface area contributed by atoms with E-state index < -0.39 is 0 Å². The van der Waals surface area contributed by atoms with Crippen LogP contribution in [0.5, 0.6) is 0 Å². The predicted molar refractivity (Wildman–Crippen MR) is 101 cm³/mol. The first-order chi connectivity index (χ1) is 13.2. The first kappa shape index (κ1) is 17.3. The number of hydrogen-bond donors (Lipinski definition) is 2. The van der Waals surface area contributed by atoms with Crippen LogP contribution >= 0.6 is 0 Å². The molecule has 0 radical (unpaired) electrons. The monoisotopic (exact) mass is 363 g/mol. The Morgan fingerprint density at radius 3 is 2.81 bits per heavy atom. The number of nitrogens with zero attached hydrogens (tertiary/aromatic N) is 5. The number of hydrogen-bond acceptors (Lipinski definition) is 7. The second-order valence-electron chi connectivity index (χ2n) is 6.87. The SMILES string of the molecule is CN1CCC(Nc2cccc(C=O)c2)(c2nnc(-c3ccncn3)[nH]2)CC1. The van der Waals surface area contributed by atoms with Crippen molar-refractivity contribution < 1.29 is 4.79 Å². The van der Waals surface area contributed by atoms with Gasteiger partial charge in [0.2, 0.25) is 0 Å². The molecule has 0 amide bonds. The molecule has 1 aliphatic rings. The van der Waals surface area contributed by atoms with Gasteiger partial charge in [0.1, 0.15) is 18.3 Å². The van der Waals surface area contributed by atoms with Crippen molar-refractivity contribution >= 4 is 12.0 Å². The molecule has 0 atom stereocenters. The summed E-state index contributed by atoms with van der Waals surface area (Å²) in [4.78, 5) is 24.9. The van der Waals surface area contributed by atoms with Crippen molar-refractivity contribution in [2.75, 3.05) is 25.5 Å². The van der Waals surface area contributed by atoms with Crippen molar-refractivity contribution in [3.8, 4) is 11.5 Å². The van der Waals surface area contributed by atoms with Crippen LogP contribution in [0.2, 0.25) is 0 Å². The minimum absolute atomic E-state index is 0.383. The Labute approximate surface area is 157 Å². The van der Waals surface area contributed by atoms with Gasteiger partial charge in [-0.05, 0) is 38.1 Å². The van der Waals surface area contributed by atoms with E-state index in [1.165, 1.54) is 6.33 Å². The van der Waals surface area contributed by atoms with E-state index in [-0.39, 0.29) is 5.54 Å². The average Bonchev–Trinajstić information content (AvgIpc) is 3.22. The number of anilines is 1. The molecule has 0 bridgehead atoms. The number of aromatic nitrogens is 5. The molecule has 2 aromatic heterocycles. The Bertz CT molecular complexity index is 917. The van der Waals surface area contributed by atoms with Gasteiger partial charge in [0, 0.05) is 30.5 Å². The topological polar surface area (TPSA) is 99.7 Å². The smallest absolute Gasteiger partial charge is 0.180 e. The third-order valence-corrected chi connectivity index (χ3v) is 5.01. The number of carbonyl (C=O) groups is 1. The van der Waals surface area contributed by atoms with E-state index in [1.807, 2.05) is 18.2 Å². The molecule has 3 aromatic rings. The number of H-pyrrole nitrogens is 1. The Hall–Kier alpha value is -3.13. The summed E-state index contributed by atoms with van der Waals surface area (Å²) in [7, 11) is 2.11. The van der Waals surface area contributed by atoms with Crippen LogP contribution in [-0.2, 0) is 5.54 Å². The number of likely N-dealkylation sites (tertiary alicyclic amines) is 1. The Morgan fingerprint density at radius 1 is 1.22 bits per heavy atom. The van der Waals surface area contributed by atoms with Gasteiger partial charge in [0.05, 0.1) is 5.54 Å². The minimum atomic E-state index is -0.383. The molecule has 1 aromatic carbocycles. The van der Waals surface area contributed by atoms with Crippen molar-refractivity contribution in [2.24, 2.45) is 0 Å². The first-order valence-electron chi connectivity index (χ1n) is 8.90. The van der Waals surface area contributed by atoms with Crippen molar-refractivity contribution in [3.63, 3.8) is 0 Å². The average molecular weight is 363 g/mol. The van der Waals surface area contributed by atoms with Crippen molar-refractivity contribution in [1.82, 2.24) is 30.0 Å². The van der Waals surface area contributed by atoms with Gasteiger partial charge in [0.15, 0.2) is 11.6 Å². The first-order valence-corrected chi connectivity index (χ1v) is 8.90. The highest BCUT2D eigenvalue weighted by Crippen LogP contribution is 2.35. The molecule has 3 heterocycles. The molecule has 27 heavy (non-hydrogen) atoms. The van der Waals surface area contributed by atoms with Crippen LogP contribution in [0.3, 0.4) is 0 Å². The van der Waals surface area contributed by atoms with Crippen LogP contribution in [0, 0.1) is 0 Å². The van der Waals surface area contributed by atoms with E-state index >= 15 is 0 Å². The van der Waals surface area contributed by atoms with Gasteiger partial charge in [-0.25, -0.2) is 9.97 Å². The molecule has 0 aliphatic carbocycles. The zero-order chi connectivity index (χ0) is 18.7. The molecule has 0 spiro atoms. The van der Waals surface area contributed by atoms with Gasteiger partial charge in [0.25, 0.3) is 0 Å². The molecule has 2 N–H and O–H groups in total. The molecular formula is C19H21N7O. The summed E-state index contributed by atoms with van der Waals surface area (Å²) in [5.41, 5.74) is 1.85. The van der Waals surface area contributed by atoms with Gasteiger partial charge in [-0.15, -0.1) is 10.2 Å². The normalized spacial score (nSPS) is 16.8. The van der Waals surface area contributed by atoms with Gasteiger partial charge in [-0.3, -0.25) is 4.79 Å². The molecule has 4 rings (SSSR count). The lowest BCUT2D eigenvalue weighted by Gasteiger charge is -2.40. The fraction of sp³-hybridized carbons (Fsp3) is 0.316. The van der Waals surface area contributed by atoms with Crippen LogP contribution in [0.1, 0.15) is 29.0 Å². The zero-order valence-electron chi connectivity index (χ0n) is 15.1. The maximum atomic E-state index is 11.1. The molecule has 1 aliphatic heterocycles. The van der Waals surface area contributed by atoms with Gasteiger partial charge < -0.3 is 15.2 Å². The van der Waals surface area contributed by atoms with E-state index in [9.17, 15) is 4.79 Å². The molecule has 8 nitrogen and oxygen atoms in total. The Balaban J connectivity index is 1.68. The van der Waals surface area contributed by atoms with Crippen molar-refractivity contribution in [3.05, 3.63) is 54.2 Å². The molecule has 8 heteroatoms. The van der Waals surface area contributed by atoms with Crippen LogP contribution in [0.25, 0.3) is 11.5 Å². The number of benzene rings is 1. The van der Waals surface area contributed by atoms with Crippen molar-refractivity contribution in [2.45, 2.75) is 18.4 Å². The highest BCUT2D eigenvalue weighted by molar-refractivity contribution is 5.77. The Morgan fingerprint density at radius 2 is 2.07 bits per heavy atom. The fourth-order valence-electron chi connectivity index (χ4n) is 3.41. The predicted octanol–water partition coefficient (Wildman–Crippen LogP) is 2.11. The van der Waals surface area contributed by atoms with Gasteiger partial charge in [-0.2, -0.15) is 0 Å². The largest absolute Gasteiger partial charge is 0.373 e. The zero-order valence-corrected chi connectivity index (χ0v) is 15.1. The second kappa shape index (κ2) is 7.24.